The highest BCUT2D eigenvalue weighted by atomic mass is 19.1. The summed E-state index contributed by atoms with van der Waals surface area (Å²) in [6, 6.07) is 21.7. The Hall–Kier alpha value is -3.50. The summed E-state index contributed by atoms with van der Waals surface area (Å²) in [5.74, 6) is 0.334. The van der Waals surface area contributed by atoms with Gasteiger partial charge in [0.2, 0.25) is 0 Å². The molecule has 3 aromatic carbocycles. The summed E-state index contributed by atoms with van der Waals surface area (Å²) >= 11 is 0. The number of hydrogen-bond acceptors (Lipinski definition) is 3. The maximum atomic E-state index is 13.0. The predicted molar refractivity (Wildman–Crippen MR) is 159 cm³/mol. The predicted octanol–water partition coefficient (Wildman–Crippen LogP) is 9.47. The largest absolute Gasteiger partial charge is 0.494 e. The van der Waals surface area contributed by atoms with E-state index in [2.05, 4.69) is 30.8 Å². The molecule has 0 unspecified atom stereocenters. The Morgan fingerprint density at radius 3 is 1.92 bits per heavy atom. The molecule has 3 nitrogen and oxygen atoms in total. The van der Waals surface area contributed by atoms with E-state index in [1.165, 1.54) is 80.0 Å². The van der Waals surface area contributed by atoms with Crippen molar-refractivity contribution in [1.29, 1.82) is 0 Å². The summed E-state index contributed by atoms with van der Waals surface area (Å²) in [4.78, 5) is 12.2. The molecule has 0 aliphatic heterocycles. The summed E-state index contributed by atoms with van der Waals surface area (Å²) in [6.45, 7) is 8.21. The molecular weight excluding hydrogens is 487 g/mol. The molecule has 0 saturated heterocycles. The van der Waals surface area contributed by atoms with Gasteiger partial charge >= 0.3 is 0 Å². The second-order valence-corrected chi connectivity index (χ2v) is 9.98. The van der Waals surface area contributed by atoms with Crippen LogP contribution in [0.3, 0.4) is 0 Å². The summed E-state index contributed by atoms with van der Waals surface area (Å²) in [7, 11) is 0. The first-order valence-electron chi connectivity index (χ1n) is 14.0. The molecule has 3 rings (SSSR count). The number of carbonyl (C=O) groups is 1. The SMILES string of the molecule is C=C(C)c1ccc(COCCCCCCCCCCOc2ccc(C=CC(=O)c3ccc(F)cc3)cc2)cc1. The van der Waals surface area contributed by atoms with Crippen molar-refractivity contribution >= 4 is 17.4 Å². The topological polar surface area (TPSA) is 35.5 Å². The van der Waals surface area contributed by atoms with Crippen molar-refractivity contribution in [2.75, 3.05) is 13.2 Å². The summed E-state index contributed by atoms with van der Waals surface area (Å²) in [5, 5.41) is 0. The lowest BCUT2D eigenvalue weighted by atomic mass is 10.1. The summed E-state index contributed by atoms with van der Waals surface area (Å²) in [6.07, 6.45) is 12.9. The molecule has 0 aromatic heterocycles. The van der Waals surface area contributed by atoms with Crippen LogP contribution >= 0.6 is 0 Å². The molecule has 0 amide bonds. The Morgan fingerprint density at radius 2 is 1.31 bits per heavy atom. The molecule has 0 atom stereocenters. The van der Waals surface area contributed by atoms with Crippen LogP contribution in [0.2, 0.25) is 0 Å². The third kappa shape index (κ3) is 11.8. The first-order valence-corrected chi connectivity index (χ1v) is 14.0. The van der Waals surface area contributed by atoms with E-state index >= 15 is 0 Å². The second kappa shape index (κ2) is 17.2. The molecule has 0 N–H and O–H groups in total. The van der Waals surface area contributed by atoms with Crippen LogP contribution in [0, 0.1) is 5.82 Å². The molecule has 206 valence electrons. The van der Waals surface area contributed by atoms with Gasteiger partial charge in [0.25, 0.3) is 0 Å². The van der Waals surface area contributed by atoms with Crippen molar-refractivity contribution in [3.05, 3.63) is 114 Å². The minimum Gasteiger partial charge on any atom is -0.494 e. The summed E-state index contributed by atoms with van der Waals surface area (Å²) < 4.78 is 24.7. The number of benzene rings is 3. The van der Waals surface area contributed by atoms with Crippen molar-refractivity contribution in [3.63, 3.8) is 0 Å². The molecule has 0 fully saturated rings. The lowest BCUT2D eigenvalue weighted by molar-refractivity contribution is 0.104. The second-order valence-electron chi connectivity index (χ2n) is 9.98. The van der Waals surface area contributed by atoms with Crippen molar-refractivity contribution in [1.82, 2.24) is 0 Å². The molecule has 4 heteroatoms. The molecule has 3 aromatic rings. The number of ether oxygens (including phenoxy) is 2. The van der Waals surface area contributed by atoms with Crippen molar-refractivity contribution in [2.24, 2.45) is 0 Å². The number of carbonyl (C=O) groups excluding carboxylic acids is 1. The number of hydrogen-bond donors (Lipinski definition) is 0. The van der Waals surface area contributed by atoms with E-state index in [9.17, 15) is 9.18 Å². The van der Waals surface area contributed by atoms with E-state index in [1.54, 1.807) is 6.08 Å². The van der Waals surface area contributed by atoms with Crippen LogP contribution in [0.4, 0.5) is 4.39 Å². The Kier molecular flexibility index (Phi) is 13.2. The first kappa shape index (κ1) is 30.0. The molecule has 39 heavy (non-hydrogen) atoms. The highest BCUT2D eigenvalue weighted by Gasteiger charge is 2.02. The van der Waals surface area contributed by atoms with E-state index in [0.29, 0.717) is 18.8 Å². The van der Waals surface area contributed by atoms with Crippen LogP contribution in [-0.4, -0.2) is 19.0 Å². The van der Waals surface area contributed by atoms with Crippen molar-refractivity contribution in [3.8, 4) is 5.75 Å². The normalized spacial score (nSPS) is 11.1. The maximum Gasteiger partial charge on any atom is 0.185 e. The Balaban J connectivity index is 1.15. The zero-order valence-electron chi connectivity index (χ0n) is 23.2. The van der Waals surface area contributed by atoms with Gasteiger partial charge in [0.1, 0.15) is 11.6 Å². The average molecular weight is 529 g/mol. The van der Waals surface area contributed by atoms with Crippen LogP contribution in [0.25, 0.3) is 11.6 Å². The van der Waals surface area contributed by atoms with Gasteiger partial charge in [-0.15, -0.1) is 0 Å². The number of ketones is 1. The van der Waals surface area contributed by atoms with Gasteiger partial charge in [-0.25, -0.2) is 4.39 Å². The number of rotatable bonds is 18. The quantitative estimate of drug-likeness (QED) is 0.0937. The van der Waals surface area contributed by atoms with Gasteiger partial charge in [0.15, 0.2) is 5.78 Å². The van der Waals surface area contributed by atoms with Crippen LogP contribution in [0.15, 0.2) is 85.5 Å². The minimum absolute atomic E-state index is 0.152. The molecule has 0 radical (unpaired) electrons. The molecule has 0 spiro atoms. The molecule has 0 aliphatic rings. The number of unbranched alkanes of at least 4 members (excludes halogenated alkanes) is 7. The Bertz CT molecular complexity index is 1160. The standard InChI is InChI=1S/C35H41FO3/c1-28(2)31-16-11-30(12-17-31)27-38-25-9-7-5-3-4-6-8-10-26-39-34-22-13-29(14-23-34)15-24-35(37)32-18-20-33(36)21-19-32/h11-24H,1,3-10,25-27H2,2H3. The van der Waals surface area contributed by atoms with Crippen LogP contribution in [0.1, 0.15) is 85.3 Å². The fraction of sp³-hybridized carbons (Fsp3) is 0.343. The average Bonchev–Trinajstić information content (AvgIpc) is 2.95. The monoisotopic (exact) mass is 528 g/mol. The number of allylic oxidation sites excluding steroid dienone is 2. The highest BCUT2D eigenvalue weighted by Crippen LogP contribution is 2.16. The Labute approximate surface area is 233 Å². The smallest absolute Gasteiger partial charge is 0.185 e. The van der Waals surface area contributed by atoms with Gasteiger partial charge in [-0.05, 0) is 78.9 Å². The molecule has 0 saturated carbocycles. The van der Waals surface area contributed by atoms with Gasteiger partial charge in [-0.3, -0.25) is 4.79 Å². The third-order valence-electron chi connectivity index (χ3n) is 6.60. The number of halogens is 1. The van der Waals surface area contributed by atoms with E-state index in [1.807, 2.05) is 31.2 Å². The van der Waals surface area contributed by atoms with Crippen molar-refractivity contribution < 1.29 is 18.7 Å². The van der Waals surface area contributed by atoms with Crippen LogP contribution < -0.4 is 4.74 Å². The van der Waals surface area contributed by atoms with E-state index < -0.39 is 0 Å². The van der Waals surface area contributed by atoms with Gasteiger partial charge in [-0.2, -0.15) is 0 Å². The lowest BCUT2D eigenvalue weighted by Gasteiger charge is -2.07. The van der Waals surface area contributed by atoms with Gasteiger partial charge < -0.3 is 9.47 Å². The minimum atomic E-state index is -0.350. The summed E-state index contributed by atoms with van der Waals surface area (Å²) in [5.41, 5.74) is 4.87. The first-order chi connectivity index (χ1) is 19.0. The maximum absolute atomic E-state index is 13.0. The molecule has 0 aliphatic carbocycles. The van der Waals surface area contributed by atoms with Gasteiger partial charge in [0, 0.05) is 12.2 Å². The van der Waals surface area contributed by atoms with E-state index in [0.717, 1.165) is 36.3 Å². The van der Waals surface area contributed by atoms with Crippen LogP contribution in [0.5, 0.6) is 5.75 Å². The third-order valence-corrected chi connectivity index (χ3v) is 6.60. The van der Waals surface area contributed by atoms with E-state index in [-0.39, 0.29) is 11.6 Å². The van der Waals surface area contributed by atoms with Crippen LogP contribution in [-0.2, 0) is 11.3 Å². The highest BCUT2D eigenvalue weighted by molar-refractivity contribution is 6.06. The fourth-order valence-electron chi connectivity index (χ4n) is 4.19. The van der Waals surface area contributed by atoms with Crippen molar-refractivity contribution in [2.45, 2.75) is 64.9 Å². The van der Waals surface area contributed by atoms with Gasteiger partial charge in [0.05, 0.1) is 13.2 Å². The van der Waals surface area contributed by atoms with E-state index in [4.69, 9.17) is 9.47 Å². The zero-order chi connectivity index (χ0) is 27.7. The molecule has 0 heterocycles. The zero-order valence-corrected chi connectivity index (χ0v) is 23.2. The molecule has 0 bridgehead atoms. The van der Waals surface area contributed by atoms with Gasteiger partial charge in [-0.1, -0.05) is 93.2 Å². The Morgan fingerprint density at radius 1 is 0.744 bits per heavy atom. The lowest BCUT2D eigenvalue weighted by Crippen LogP contribution is -1.97. The molecular formula is C35H41FO3. The fourth-order valence-corrected chi connectivity index (χ4v) is 4.19.